The molecule has 1 aromatic heterocycles. The van der Waals surface area contributed by atoms with E-state index in [-0.39, 0.29) is 0 Å². The minimum Gasteiger partial charge on any atom is -0.475 e. The lowest BCUT2D eigenvalue weighted by Crippen LogP contribution is -2.32. The van der Waals surface area contributed by atoms with Crippen LogP contribution in [0.15, 0.2) is 18.5 Å². The van der Waals surface area contributed by atoms with Crippen LogP contribution in [0.5, 0.6) is 0 Å². The largest absolute Gasteiger partial charge is 0.490 e. The molecule has 3 fully saturated rings. The number of aliphatic carboxylic acids is 2. The summed E-state index contributed by atoms with van der Waals surface area (Å²) in [6.45, 7) is 7.88. The van der Waals surface area contributed by atoms with Crippen LogP contribution >= 0.6 is 0 Å². The van der Waals surface area contributed by atoms with Crippen LogP contribution in [-0.4, -0.2) is 95.3 Å². The number of halogens is 6. The van der Waals surface area contributed by atoms with Gasteiger partial charge >= 0.3 is 24.3 Å². The molecule has 0 saturated carbocycles. The van der Waals surface area contributed by atoms with Gasteiger partial charge in [0.25, 0.3) is 0 Å². The quantitative estimate of drug-likeness (QED) is 0.600. The van der Waals surface area contributed by atoms with Gasteiger partial charge in [0.05, 0.1) is 6.61 Å². The summed E-state index contributed by atoms with van der Waals surface area (Å²) in [5, 5.41) is 14.2. The maximum absolute atomic E-state index is 10.6. The molecule has 3 aliphatic rings. The Labute approximate surface area is 190 Å². The summed E-state index contributed by atoms with van der Waals surface area (Å²) in [5.41, 5.74) is 0. The Morgan fingerprint density at radius 1 is 0.941 bits per heavy atom. The number of nitrogens with zero attached hydrogens (tertiary/aromatic N) is 4. The molecule has 0 amide bonds. The monoisotopic (exact) mass is 502 g/mol. The summed E-state index contributed by atoms with van der Waals surface area (Å²) in [4.78, 5) is 31.5. The number of carboxylic acid groups (broad SMARTS) is 2. The van der Waals surface area contributed by atoms with Crippen molar-refractivity contribution < 1.29 is 50.9 Å². The van der Waals surface area contributed by atoms with Gasteiger partial charge in [-0.1, -0.05) is 0 Å². The van der Waals surface area contributed by atoms with Crippen molar-refractivity contribution >= 4 is 17.9 Å². The fourth-order valence-corrected chi connectivity index (χ4v) is 3.95. The zero-order chi connectivity index (χ0) is 25.5. The highest BCUT2D eigenvalue weighted by Gasteiger charge is 2.41. The summed E-state index contributed by atoms with van der Waals surface area (Å²) in [6.07, 6.45) is -5.25. The van der Waals surface area contributed by atoms with Gasteiger partial charge in [-0.3, -0.25) is 0 Å². The van der Waals surface area contributed by atoms with Gasteiger partial charge in [0, 0.05) is 51.7 Å². The molecular formula is C19H24F6N4O5. The molecule has 34 heavy (non-hydrogen) atoms. The Morgan fingerprint density at radius 2 is 1.41 bits per heavy atom. The molecule has 3 saturated heterocycles. The molecule has 3 aliphatic heterocycles. The van der Waals surface area contributed by atoms with E-state index in [1.807, 2.05) is 18.5 Å². The lowest BCUT2D eigenvalue weighted by molar-refractivity contribution is -0.193. The van der Waals surface area contributed by atoms with Crippen molar-refractivity contribution in [3.63, 3.8) is 0 Å². The summed E-state index contributed by atoms with van der Waals surface area (Å²) in [7, 11) is 0. The first-order valence-electron chi connectivity index (χ1n) is 10.2. The first-order valence-corrected chi connectivity index (χ1v) is 10.2. The number of anilines is 1. The zero-order valence-corrected chi connectivity index (χ0v) is 17.8. The molecule has 4 rings (SSSR count). The molecule has 192 valence electrons. The zero-order valence-electron chi connectivity index (χ0n) is 17.8. The molecule has 4 heterocycles. The summed E-state index contributed by atoms with van der Waals surface area (Å²) in [6, 6.07) is 1.88. The van der Waals surface area contributed by atoms with E-state index in [1.54, 1.807) is 0 Å². The van der Waals surface area contributed by atoms with Crippen LogP contribution < -0.4 is 4.90 Å². The summed E-state index contributed by atoms with van der Waals surface area (Å²) >= 11 is 0. The highest BCUT2D eigenvalue weighted by Crippen LogP contribution is 2.33. The smallest absolute Gasteiger partial charge is 0.475 e. The van der Waals surface area contributed by atoms with Crippen LogP contribution in [0.4, 0.5) is 32.3 Å². The second-order valence-electron chi connectivity index (χ2n) is 8.03. The van der Waals surface area contributed by atoms with E-state index in [1.165, 1.54) is 26.1 Å². The molecule has 1 aromatic rings. The van der Waals surface area contributed by atoms with Crippen molar-refractivity contribution in [1.29, 1.82) is 0 Å². The number of hydrogen-bond acceptors (Lipinski definition) is 7. The van der Waals surface area contributed by atoms with Gasteiger partial charge in [0.2, 0.25) is 5.95 Å². The Bertz CT molecular complexity index is 767. The second kappa shape index (κ2) is 11.6. The van der Waals surface area contributed by atoms with E-state index in [4.69, 9.17) is 24.5 Å². The lowest BCUT2D eigenvalue weighted by Gasteiger charge is -2.23. The number of alkyl halides is 6. The van der Waals surface area contributed by atoms with E-state index in [0.29, 0.717) is 0 Å². The molecule has 2 N–H and O–H groups in total. The third-order valence-corrected chi connectivity index (χ3v) is 5.42. The molecule has 9 nitrogen and oxygen atoms in total. The lowest BCUT2D eigenvalue weighted by atomic mass is 10.0. The normalized spacial score (nSPS) is 24.5. The van der Waals surface area contributed by atoms with Crippen LogP contribution in [0.1, 0.15) is 6.42 Å². The standard InChI is InChI=1S/C15H22N4O.2C2HF3O2/c1-3-16-15(17-4-1)19-9-13-7-18(8-14(13)10-19)6-12-2-5-20-11-12;2*3-2(4,5)1(6)7/h1,3-4,12-14H,2,5-11H2;2*(H,6,7)/t12?,13-,14+;;. The first-order chi connectivity index (χ1) is 15.8. The number of hydrogen-bond donors (Lipinski definition) is 2. The molecule has 0 spiro atoms. The highest BCUT2D eigenvalue weighted by atomic mass is 19.4. The highest BCUT2D eigenvalue weighted by molar-refractivity contribution is 5.73. The number of carboxylic acids is 2. The molecule has 3 atom stereocenters. The van der Waals surface area contributed by atoms with Crippen LogP contribution in [-0.2, 0) is 14.3 Å². The number of carbonyl (C=O) groups is 2. The minimum absolute atomic E-state index is 0.766. The molecule has 0 aromatic carbocycles. The van der Waals surface area contributed by atoms with E-state index in [0.717, 1.165) is 50.0 Å². The molecule has 15 heteroatoms. The molecule has 0 aliphatic carbocycles. The second-order valence-corrected chi connectivity index (χ2v) is 8.03. The van der Waals surface area contributed by atoms with Crippen LogP contribution in [0.2, 0.25) is 0 Å². The van der Waals surface area contributed by atoms with Crippen LogP contribution in [0.25, 0.3) is 0 Å². The van der Waals surface area contributed by atoms with Gasteiger partial charge in [0.1, 0.15) is 0 Å². The van der Waals surface area contributed by atoms with E-state index in [2.05, 4.69) is 19.8 Å². The van der Waals surface area contributed by atoms with Crippen molar-refractivity contribution in [2.45, 2.75) is 18.8 Å². The Morgan fingerprint density at radius 3 is 1.79 bits per heavy atom. The maximum atomic E-state index is 10.6. The number of ether oxygens (including phenoxy) is 1. The van der Waals surface area contributed by atoms with Crippen LogP contribution in [0, 0.1) is 17.8 Å². The van der Waals surface area contributed by atoms with Gasteiger partial charge < -0.3 is 24.7 Å². The minimum atomic E-state index is -5.08. The van der Waals surface area contributed by atoms with Crippen molar-refractivity contribution in [3.8, 4) is 0 Å². The Balaban J connectivity index is 0.000000244. The predicted molar refractivity (Wildman–Crippen MR) is 104 cm³/mol. The Kier molecular flexibility index (Phi) is 9.44. The Hall–Kier alpha value is -2.68. The molecule has 1 unspecified atom stereocenters. The van der Waals surface area contributed by atoms with Crippen molar-refractivity contribution in [2.24, 2.45) is 17.8 Å². The number of aromatic nitrogens is 2. The van der Waals surface area contributed by atoms with Gasteiger partial charge in [-0.25, -0.2) is 19.6 Å². The average Bonchev–Trinajstić information content (AvgIpc) is 3.45. The molecule has 0 bridgehead atoms. The maximum Gasteiger partial charge on any atom is 0.490 e. The van der Waals surface area contributed by atoms with Crippen molar-refractivity contribution in [3.05, 3.63) is 18.5 Å². The van der Waals surface area contributed by atoms with Crippen molar-refractivity contribution in [1.82, 2.24) is 14.9 Å². The van der Waals surface area contributed by atoms with Gasteiger partial charge in [-0.05, 0) is 30.2 Å². The third-order valence-electron chi connectivity index (χ3n) is 5.42. The van der Waals surface area contributed by atoms with Gasteiger partial charge in [-0.15, -0.1) is 0 Å². The van der Waals surface area contributed by atoms with Crippen molar-refractivity contribution in [2.75, 3.05) is 50.8 Å². The number of rotatable bonds is 3. The third kappa shape index (κ3) is 8.59. The van der Waals surface area contributed by atoms with Gasteiger partial charge in [-0.2, -0.15) is 26.3 Å². The average molecular weight is 502 g/mol. The first kappa shape index (κ1) is 27.6. The van der Waals surface area contributed by atoms with E-state index < -0.39 is 24.3 Å². The number of likely N-dealkylation sites (tertiary alicyclic amines) is 1. The molecule has 0 radical (unpaired) electrons. The summed E-state index contributed by atoms with van der Waals surface area (Å²) < 4.78 is 69.0. The van der Waals surface area contributed by atoms with Crippen LogP contribution in [0.3, 0.4) is 0 Å². The van der Waals surface area contributed by atoms with E-state index >= 15 is 0 Å². The SMILES string of the molecule is O=C(O)C(F)(F)F.O=C(O)C(F)(F)F.c1cnc(N2C[C@H]3CN(CC4CCOC4)C[C@H]3C2)nc1. The van der Waals surface area contributed by atoms with Gasteiger partial charge in [0.15, 0.2) is 0 Å². The predicted octanol–water partition coefficient (Wildman–Crippen LogP) is 2.15. The fraction of sp³-hybridized carbons (Fsp3) is 0.684. The summed E-state index contributed by atoms with van der Waals surface area (Å²) in [5.74, 6) is -2.26. The topological polar surface area (TPSA) is 116 Å². The number of fused-ring (bicyclic) bond motifs is 1. The fourth-order valence-electron chi connectivity index (χ4n) is 3.95. The molecular weight excluding hydrogens is 478 g/mol. The van der Waals surface area contributed by atoms with E-state index in [9.17, 15) is 26.3 Å².